The third-order valence-corrected chi connectivity index (χ3v) is 4.31. The van der Waals surface area contributed by atoms with Gasteiger partial charge in [0, 0.05) is 12.1 Å². The fourth-order valence-corrected chi connectivity index (χ4v) is 2.81. The highest BCUT2D eigenvalue weighted by Gasteiger charge is 2.17. The van der Waals surface area contributed by atoms with Gasteiger partial charge in [-0.05, 0) is 49.1 Å². The molecule has 1 heterocycles. The van der Waals surface area contributed by atoms with Gasteiger partial charge in [0.1, 0.15) is 5.69 Å². The lowest BCUT2D eigenvalue weighted by Crippen LogP contribution is -2.05. The van der Waals surface area contributed by atoms with E-state index in [0.29, 0.717) is 6.54 Å². The molecule has 0 aliphatic carbocycles. The van der Waals surface area contributed by atoms with Crippen LogP contribution in [0.25, 0.3) is 16.9 Å². The molecule has 23 heavy (non-hydrogen) atoms. The molecule has 0 spiro atoms. The number of para-hydroxylation sites is 1. The Morgan fingerprint density at radius 1 is 1.04 bits per heavy atom. The lowest BCUT2D eigenvalue weighted by Gasteiger charge is -2.12. The molecule has 2 N–H and O–H groups in total. The van der Waals surface area contributed by atoms with Gasteiger partial charge in [0.25, 0.3) is 0 Å². The van der Waals surface area contributed by atoms with Gasteiger partial charge in [0.05, 0.1) is 11.4 Å². The molecule has 4 nitrogen and oxygen atoms in total. The van der Waals surface area contributed by atoms with Crippen molar-refractivity contribution < 1.29 is 0 Å². The topological polar surface area (TPSA) is 56.7 Å². The normalized spacial score (nSPS) is 11.0. The third kappa shape index (κ3) is 2.78. The first-order valence-electron chi connectivity index (χ1n) is 7.96. The van der Waals surface area contributed by atoms with E-state index in [4.69, 9.17) is 5.73 Å². The molecule has 0 amide bonds. The Hall–Kier alpha value is -2.46. The van der Waals surface area contributed by atoms with Crippen molar-refractivity contribution in [2.24, 2.45) is 5.73 Å². The highest BCUT2D eigenvalue weighted by Crippen LogP contribution is 2.28. The summed E-state index contributed by atoms with van der Waals surface area (Å²) in [7, 11) is 0. The van der Waals surface area contributed by atoms with Crippen molar-refractivity contribution in [3.63, 3.8) is 0 Å². The van der Waals surface area contributed by atoms with Crippen molar-refractivity contribution in [3.05, 3.63) is 64.8 Å². The van der Waals surface area contributed by atoms with E-state index in [1.165, 1.54) is 16.7 Å². The van der Waals surface area contributed by atoms with E-state index in [2.05, 4.69) is 67.5 Å². The monoisotopic (exact) mass is 306 g/mol. The molecule has 4 heteroatoms. The van der Waals surface area contributed by atoms with Gasteiger partial charge in [0.2, 0.25) is 0 Å². The molecule has 1 aromatic heterocycles. The smallest absolute Gasteiger partial charge is 0.105 e. The van der Waals surface area contributed by atoms with Crippen molar-refractivity contribution >= 4 is 0 Å². The maximum Gasteiger partial charge on any atom is 0.105 e. The van der Waals surface area contributed by atoms with E-state index in [1.807, 2.05) is 10.7 Å². The summed E-state index contributed by atoms with van der Waals surface area (Å²) in [5.41, 5.74) is 13.6. The van der Waals surface area contributed by atoms with E-state index in [0.717, 1.165) is 29.1 Å². The standard InChI is InChI=1S/C19H22N4/c1-4-15-7-5-6-8-18(15)23-19(17(12-20)21-22-23)16-10-9-13(2)14(3)11-16/h5-11H,4,12,20H2,1-3H3. The lowest BCUT2D eigenvalue weighted by molar-refractivity contribution is 0.791. The number of aromatic nitrogens is 3. The Kier molecular flexibility index (Phi) is 4.26. The quantitative estimate of drug-likeness (QED) is 0.801. The summed E-state index contributed by atoms with van der Waals surface area (Å²) in [6.45, 7) is 6.76. The van der Waals surface area contributed by atoms with Crippen molar-refractivity contribution in [2.45, 2.75) is 33.7 Å². The molecular formula is C19H22N4. The first kappa shape index (κ1) is 15.4. The van der Waals surface area contributed by atoms with Crippen LogP contribution in [0.4, 0.5) is 0 Å². The lowest BCUT2D eigenvalue weighted by atomic mass is 10.0. The second kappa shape index (κ2) is 6.34. The van der Waals surface area contributed by atoms with E-state index in [1.54, 1.807) is 0 Å². The average Bonchev–Trinajstić information content (AvgIpc) is 3.01. The Bertz CT molecular complexity index is 833. The molecule has 0 atom stereocenters. The minimum atomic E-state index is 0.372. The third-order valence-electron chi connectivity index (χ3n) is 4.31. The summed E-state index contributed by atoms with van der Waals surface area (Å²) in [5.74, 6) is 0. The summed E-state index contributed by atoms with van der Waals surface area (Å²) in [5, 5.41) is 8.68. The molecule has 0 fully saturated rings. The van der Waals surface area contributed by atoms with Crippen molar-refractivity contribution in [2.75, 3.05) is 0 Å². The van der Waals surface area contributed by atoms with Crippen LogP contribution in [0.2, 0.25) is 0 Å². The molecule has 2 aromatic carbocycles. The Morgan fingerprint density at radius 2 is 1.83 bits per heavy atom. The van der Waals surface area contributed by atoms with Gasteiger partial charge < -0.3 is 5.73 Å². The first-order valence-corrected chi connectivity index (χ1v) is 7.96. The largest absolute Gasteiger partial charge is 0.325 e. The van der Waals surface area contributed by atoms with Crippen molar-refractivity contribution in [1.82, 2.24) is 15.0 Å². The van der Waals surface area contributed by atoms with Crippen molar-refractivity contribution in [1.29, 1.82) is 0 Å². The number of hydrogen-bond acceptors (Lipinski definition) is 3. The van der Waals surface area contributed by atoms with Gasteiger partial charge >= 0.3 is 0 Å². The second-order valence-electron chi connectivity index (χ2n) is 5.78. The predicted octanol–water partition coefficient (Wildman–Crippen LogP) is 3.57. The number of benzene rings is 2. The van der Waals surface area contributed by atoms with Crippen LogP contribution in [0, 0.1) is 13.8 Å². The van der Waals surface area contributed by atoms with Crippen LogP contribution in [0.3, 0.4) is 0 Å². The summed E-state index contributed by atoms with van der Waals surface area (Å²) < 4.78 is 1.92. The van der Waals surface area contributed by atoms with E-state index < -0.39 is 0 Å². The molecule has 0 saturated heterocycles. The van der Waals surface area contributed by atoms with Gasteiger partial charge in [-0.15, -0.1) is 5.10 Å². The molecule has 0 bridgehead atoms. The van der Waals surface area contributed by atoms with Gasteiger partial charge in [-0.3, -0.25) is 0 Å². The molecule has 118 valence electrons. The Balaban J connectivity index is 2.24. The van der Waals surface area contributed by atoms with Gasteiger partial charge in [-0.1, -0.05) is 42.5 Å². The molecule has 0 aliphatic heterocycles. The van der Waals surface area contributed by atoms with Crippen LogP contribution < -0.4 is 5.73 Å². The average molecular weight is 306 g/mol. The summed E-state index contributed by atoms with van der Waals surface area (Å²) in [4.78, 5) is 0. The Morgan fingerprint density at radius 3 is 2.52 bits per heavy atom. The van der Waals surface area contributed by atoms with Crippen LogP contribution in [-0.2, 0) is 13.0 Å². The van der Waals surface area contributed by atoms with Crippen molar-refractivity contribution in [3.8, 4) is 16.9 Å². The van der Waals surface area contributed by atoms with E-state index in [9.17, 15) is 0 Å². The number of rotatable bonds is 4. The molecule has 3 rings (SSSR count). The van der Waals surface area contributed by atoms with Gasteiger partial charge in [0.15, 0.2) is 0 Å². The summed E-state index contributed by atoms with van der Waals surface area (Å²) in [6, 6.07) is 14.7. The fourth-order valence-electron chi connectivity index (χ4n) is 2.81. The fraction of sp³-hybridized carbons (Fsp3) is 0.263. The van der Waals surface area contributed by atoms with Crippen LogP contribution in [-0.4, -0.2) is 15.0 Å². The van der Waals surface area contributed by atoms with Crippen LogP contribution in [0.1, 0.15) is 29.3 Å². The minimum absolute atomic E-state index is 0.372. The molecular weight excluding hydrogens is 284 g/mol. The predicted molar refractivity (Wildman–Crippen MR) is 93.5 cm³/mol. The Labute approximate surface area is 137 Å². The first-order chi connectivity index (χ1) is 11.2. The highest BCUT2D eigenvalue weighted by atomic mass is 15.4. The minimum Gasteiger partial charge on any atom is -0.325 e. The zero-order valence-electron chi connectivity index (χ0n) is 13.9. The number of hydrogen-bond donors (Lipinski definition) is 1. The number of nitrogens with zero attached hydrogens (tertiary/aromatic N) is 3. The zero-order valence-corrected chi connectivity index (χ0v) is 13.9. The van der Waals surface area contributed by atoms with Crippen LogP contribution in [0.5, 0.6) is 0 Å². The molecule has 0 saturated carbocycles. The molecule has 0 aliphatic rings. The SMILES string of the molecule is CCc1ccccc1-n1nnc(CN)c1-c1ccc(C)c(C)c1. The van der Waals surface area contributed by atoms with E-state index >= 15 is 0 Å². The highest BCUT2D eigenvalue weighted by molar-refractivity contribution is 5.66. The molecule has 0 unspecified atom stereocenters. The van der Waals surface area contributed by atoms with Crippen LogP contribution >= 0.6 is 0 Å². The maximum absolute atomic E-state index is 5.90. The van der Waals surface area contributed by atoms with Gasteiger partial charge in [-0.25, -0.2) is 4.68 Å². The zero-order chi connectivity index (χ0) is 16.4. The number of aryl methyl sites for hydroxylation is 3. The summed E-state index contributed by atoms with van der Waals surface area (Å²) >= 11 is 0. The van der Waals surface area contributed by atoms with Gasteiger partial charge in [-0.2, -0.15) is 0 Å². The maximum atomic E-state index is 5.90. The molecule has 0 radical (unpaired) electrons. The van der Waals surface area contributed by atoms with Crippen LogP contribution in [0.15, 0.2) is 42.5 Å². The van der Waals surface area contributed by atoms with E-state index in [-0.39, 0.29) is 0 Å². The summed E-state index contributed by atoms with van der Waals surface area (Å²) in [6.07, 6.45) is 0.945. The molecule has 3 aromatic rings. The second-order valence-corrected chi connectivity index (χ2v) is 5.78. The number of nitrogens with two attached hydrogens (primary N) is 1.